The van der Waals surface area contributed by atoms with Crippen LogP contribution in [0.25, 0.3) is 0 Å². The number of halogens is 1. The molecular weight excluding hydrogens is 99.6 g/mol. The molecule has 2 heteroatoms. The zero-order valence-electron chi connectivity index (χ0n) is 3.16. The first-order chi connectivity index (χ1) is 2.27. The minimum Gasteiger partial charge on any atom is -0.124 e. The summed E-state index contributed by atoms with van der Waals surface area (Å²) in [7, 11) is 3.22. The van der Waals surface area contributed by atoms with Crippen LogP contribution >= 0.6 is 11.6 Å². The fourth-order valence-corrected chi connectivity index (χ4v) is 0. The summed E-state index contributed by atoms with van der Waals surface area (Å²) in [5.74, 6) is 0. The average Bonchev–Trinajstić information content (AvgIpc) is 1.38. The van der Waals surface area contributed by atoms with Crippen LogP contribution in [0, 0.1) is 0 Å². The molecule has 29 valence electrons. The molecule has 0 aliphatic heterocycles. The van der Waals surface area contributed by atoms with E-state index >= 15 is 0 Å². The number of hydrogen-bond donors (Lipinski definition) is 0. The summed E-state index contributed by atoms with van der Waals surface area (Å²) in [4.78, 5) is 0. The Morgan fingerprint density at radius 1 is 2.00 bits per heavy atom. The standard InChI is InChI=1S/C3H6ClSi/c1-3(4)2-5/h3H,2H2,1H3. The second kappa shape index (κ2) is 2.73. The zero-order chi connectivity index (χ0) is 4.28. The van der Waals surface area contributed by atoms with E-state index in [9.17, 15) is 0 Å². The zero-order valence-corrected chi connectivity index (χ0v) is 4.92. The van der Waals surface area contributed by atoms with Gasteiger partial charge in [0.25, 0.3) is 0 Å². The lowest BCUT2D eigenvalue weighted by Crippen LogP contribution is -1.84. The molecule has 0 heterocycles. The molecule has 1 atom stereocenters. The lowest BCUT2D eigenvalue weighted by atomic mass is 10.6. The third-order valence-electron chi connectivity index (χ3n) is 0.281. The summed E-state index contributed by atoms with van der Waals surface area (Å²) >= 11 is 5.41. The van der Waals surface area contributed by atoms with Gasteiger partial charge in [-0.1, -0.05) is 0 Å². The minimum absolute atomic E-state index is 0.270. The number of alkyl halides is 1. The molecule has 0 aromatic heterocycles. The lowest BCUT2D eigenvalue weighted by Gasteiger charge is -1.87. The Hall–Kier alpha value is 0.507. The normalized spacial score (nSPS) is 15.0. The first-order valence-electron chi connectivity index (χ1n) is 1.56. The molecule has 1 unspecified atom stereocenters. The van der Waals surface area contributed by atoms with Crippen LogP contribution in [-0.2, 0) is 0 Å². The number of rotatable bonds is 1. The predicted octanol–water partition coefficient (Wildman–Crippen LogP) is 1.20. The number of hydrogen-bond acceptors (Lipinski definition) is 0. The maximum absolute atomic E-state index is 5.41. The van der Waals surface area contributed by atoms with E-state index in [2.05, 4.69) is 10.2 Å². The topological polar surface area (TPSA) is 0 Å². The quantitative estimate of drug-likeness (QED) is 0.347. The van der Waals surface area contributed by atoms with Crippen LogP contribution in [0.3, 0.4) is 0 Å². The van der Waals surface area contributed by atoms with Crippen LogP contribution in [-0.4, -0.2) is 15.6 Å². The molecule has 0 saturated heterocycles. The molecule has 0 fully saturated rings. The van der Waals surface area contributed by atoms with Crippen molar-refractivity contribution in [2.24, 2.45) is 0 Å². The summed E-state index contributed by atoms with van der Waals surface area (Å²) in [6, 6.07) is 0.877. The second-order valence-electron chi connectivity index (χ2n) is 0.985. The maximum atomic E-state index is 5.41. The Morgan fingerprint density at radius 2 is 2.20 bits per heavy atom. The summed E-state index contributed by atoms with van der Waals surface area (Å²) in [5, 5.41) is 0.270. The third kappa shape index (κ3) is 4.51. The first kappa shape index (κ1) is 5.51. The highest BCUT2D eigenvalue weighted by molar-refractivity contribution is 6.24. The summed E-state index contributed by atoms with van der Waals surface area (Å²) in [6.07, 6.45) is 0. The minimum atomic E-state index is 0.270. The van der Waals surface area contributed by atoms with Crippen LogP contribution in [0.1, 0.15) is 6.92 Å². The predicted molar refractivity (Wildman–Crippen MR) is 25.9 cm³/mol. The van der Waals surface area contributed by atoms with Gasteiger partial charge in [0, 0.05) is 15.6 Å². The molecule has 3 radical (unpaired) electrons. The van der Waals surface area contributed by atoms with Crippen molar-refractivity contribution in [2.75, 3.05) is 0 Å². The van der Waals surface area contributed by atoms with Gasteiger partial charge in [-0.3, -0.25) is 0 Å². The van der Waals surface area contributed by atoms with Crippen molar-refractivity contribution in [1.29, 1.82) is 0 Å². The maximum Gasteiger partial charge on any atom is 0.0278 e. The van der Waals surface area contributed by atoms with Gasteiger partial charge >= 0.3 is 0 Å². The summed E-state index contributed by atoms with van der Waals surface area (Å²) in [6.45, 7) is 1.94. The van der Waals surface area contributed by atoms with Crippen LogP contribution in [0.5, 0.6) is 0 Å². The molecule has 0 nitrogen and oxygen atoms in total. The van der Waals surface area contributed by atoms with Gasteiger partial charge in [-0.05, 0) is 13.0 Å². The van der Waals surface area contributed by atoms with Crippen molar-refractivity contribution < 1.29 is 0 Å². The van der Waals surface area contributed by atoms with Crippen molar-refractivity contribution in [3.63, 3.8) is 0 Å². The Bertz CT molecular complexity index is 20.9. The van der Waals surface area contributed by atoms with Crippen molar-refractivity contribution in [2.45, 2.75) is 18.3 Å². The highest BCUT2D eigenvalue weighted by Gasteiger charge is 1.83. The Balaban J connectivity index is 2.54. The fraction of sp³-hybridized carbons (Fsp3) is 1.00. The van der Waals surface area contributed by atoms with Crippen molar-refractivity contribution in [1.82, 2.24) is 0 Å². The molecule has 0 N–H and O–H groups in total. The summed E-state index contributed by atoms with van der Waals surface area (Å²) in [5.41, 5.74) is 0. The molecule has 5 heavy (non-hydrogen) atoms. The average molecular weight is 106 g/mol. The van der Waals surface area contributed by atoms with Gasteiger partial charge in [-0.2, -0.15) is 0 Å². The molecule has 0 aromatic rings. The van der Waals surface area contributed by atoms with Gasteiger partial charge in [0.2, 0.25) is 0 Å². The lowest BCUT2D eigenvalue weighted by molar-refractivity contribution is 1.09. The van der Waals surface area contributed by atoms with Crippen molar-refractivity contribution in [3.05, 3.63) is 0 Å². The van der Waals surface area contributed by atoms with Gasteiger partial charge in [0.15, 0.2) is 0 Å². The summed E-state index contributed by atoms with van der Waals surface area (Å²) < 4.78 is 0. The van der Waals surface area contributed by atoms with E-state index in [4.69, 9.17) is 11.6 Å². The highest BCUT2D eigenvalue weighted by Crippen LogP contribution is 1.94. The van der Waals surface area contributed by atoms with Gasteiger partial charge in [0.05, 0.1) is 0 Å². The molecule has 0 aliphatic rings. The molecule has 0 aromatic carbocycles. The van der Waals surface area contributed by atoms with Crippen molar-refractivity contribution >= 4 is 21.8 Å². The SMILES string of the molecule is CC(Cl)C[Si]. The molecule has 0 bridgehead atoms. The molecule has 0 aliphatic carbocycles. The monoisotopic (exact) mass is 105 g/mol. The van der Waals surface area contributed by atoms with E-state index in [-0.39, 0.29) is 5.38 Å². The van der Waals surface area contributed by atoms with Crippen LogP contribution in [0.4, 0.5) is 0 Å². The van der Waals surface area contributed by atoms with E-state index < -0.39 is 0 Å². The van der Waals surface area contributed by atoms with Crippen LogP contribution in [0.15, 0.2) is 0 Å². The van der Waals surface area contributed by atoms with Crippen molar-refractivity contribution in [3.8, 4) is 0 Å². The van der Waals surface area contributed by atoms with Gasteiger partial charge < -0.3 is 0 Å². The third-order valence-corrected chi connectivity index (χ3v) is 1.31. The van der Waals surface area contributed by atoms with Gasteiger partial charge in [-0.25, -0.2) is 0 Å². The van der Waals surface area contributed by atoms with E-state index in [0.29, 0.717) is 0 Å². The van der Waals surface area contributed by atoms with E-state index in [1.165, 1.54) is 0 Å². The Kier molecular flexibility index (Phi) is 3.01. The fourth-order valence-electron chi connectivity index (χ4n) is 0. The second-order valence-corrected chi connectivity index (χ2v) is 2.14. The highest BCUT2D eigenvalue weighted by atomic mass is 35.5. The molecule has 0 amide bonds. The van der Waals surface area contributed by atoms with E-state index in [1.54, 1.807) is 0 Å². The first-order valence-corrected chi connectivity index (χ1v) is 2.70. The van der Waals surface area contributed by atoms with Gasteiger partial charge in [0.1, 0.15) is 0 Å². The van der Waals surface area contributed by atoms with E-state index in [1.807, 2.05) is 6.92 Å². The Labute approximate surface area is 40.9 Å². The van der Waals surface area contributed by atoms with E-state index in [0.717, 1.165) is 6.04 Å². The molecule has 0 saturated carbocycles. The molecular formula is C3H6ClSi. The molecule has 0 spiro atoms. The Morgan fingerprint density at radius 3 is 2.20 bits per heavy atom. The van der Waals surface area contributed by atoms with Crippen LogP contribution < -0.4 is 0 Å². The molecule has 0 rings (SSSR count). The largest absolute Gasteiger partial charge is 0.124 e. The smallest absolute Gasteiger partial charge is 0.0278 e. The van der Waals surface area contributed by atoms with Crippen LogP contribution in [0.2, 0.25) is 6.04 Å². The van der Waals surface area contributed by atoms with Gasteiger partial charge in [-0.15, -0.1) is 11.6 Å².